The molecule has 0 aliphatic rings. The largest absolute Gasteiger partial charge is 0.223 e. The molecule has 0 atom stereocenters. The van der Waals surface area contributed by atoms with E-state index in [1.165, 1.54) is 0 Å². The Hall–Kier alpha value is 0.250. The van der Waals surface area contributed by atoms with Gasteiger partial charge in [0.2, 0.25) is 0 Å². The Morgan fingerprint density at radius 3 is 1.25 bits per heavy atom. The van der Waals surface area contributed by atoms with Gasteiger partial charge in [-0.3, -0.25) is 0 Å². The van der Waals surface area contributed by atoms with Gasteiger partial charge in [0, 0.05) is 0 Å². The van der Waals surface area contributed by atoms with Crippen molar-refractivity contribution < 1.29 is 4.00 Å². The molecule has 0 aliphatic carbocycles. The smallest absolute Gasteiger partial charge is 0.165 e. The van der Waals surface area contributed by atoms with Gasteiger partial charge in [-0.2, -0.15) is 0 Å². The maximum absolute atomic E-state index is 6.03. The normalized spacial score (nSPS) is 12.0. The third-order valence-corrected chi connectivity index (χ3v) is 2.42. The number of nitrogens with zero attached hydrogens (tertiary/aromatic N) is 1. The lowest BCUT2D eigenvalue weighted by Gasteiger charge is -2.23. The molecule has 0 rings (SSSR count). The molecule has 0 saturated heterocycles. The SMILES string of the molecule is CC[N+](Cl)(CC)CC. The molecule has 0 aliphatic heterocycles. The van der Waals surface area contributed by atoms with Crippen LogP contribution in [0.15, 0.2) is 0 Å². The second-order valence-electron chi connectivity index (χ2n) is 1.98. The summed E-state index contributed by atoms with van der Waals surface area (Å²) in [5.41, 5.74) is 0. The van der Waals surface area contributed by atoms with Crippen LogP contribution in [0.5, 0.6) is 0 Å². The van der Waals surface area contributed by atoms with E-state index in [0.717, 1.165) is 19.6 Å². The van der Waals surface area contributed by atoms with Crippen LogP contribution >= 0.6 is 11.8 Å². The van der Waals surface area contributed by atoms with Gasteiger partial charge >= 0.3 is 0 Å². The third-order valence-electron chi connectivity index (χ3n) is 1.70. The number of rotatable bonds is 3. The highest BCUT2D eigenvalue weighted by Crippen LogP contribution is 2.08. The standard InChI is InChI=1S/C6H15ClN/c1-4-8(7,5-2)6-3/h4-6H2,1-3H3/q+1. The molecule has 8 heavy (non-hydrogen) atoms. The molecule has 0 fully saturated rings. The van der Waals surface area contributed by atoms with Crippen molar-refractivity contribution in [2.24, 2.45) is 0 Å². The monoisotopic (exact) mass is 136 g/mol. The molecule has 0 saturated carbocycles. The Kier molecular flexibility index (Phi) is 3.41. The summed E-state index contributed by atoms with van der Waals surface area (Å²) >= 11 is 6.03. The molecular weight excluding hydrogens is 122 g/mol. The average Bonchev–Trinajstić information content (AvgIpc) is 1.87. The van der Waals surface area contributed by atoms with Gasteiger partial charge in [0.15, 0.2) is 11.8 Å². The summed E-state index contributed by atoms with van der Waals surface area (Å²) in [6.45, 7) is 9.40. The van der Waals surface area contributed by atoms with E-state index in [2.05, 4.69) is 20.8 Å². The van der Waals surface area contributed by atoms with Crippen LogP contribution in [-0.2, 0) is 0 Å². The Labute approximate surface area is 56.9 Å². The van der Waals surface area contributed by atoms with Gasteiger partial charge in [-0.25, -0.2) is 4.00 Å². The topological polar surface area (TPSA) is 0 Å². The summed E-state index contributed by atoms with van der Waals surface area (Å²) < 4.78 is 0.681. The van der Waals surface area contributed by atoms with E-state index in [0.29, 0.717) is 4.00 Å². The van der Waals surface area contributed by atoms with Gasteiger partial charge in [-0.1, -0.05) is 0 Å². The lowest BCUT2D eigenvalue weighted by molar-refractivity contribution is -0.809. The van der Waals surface area contributed by atoms with Crippen molar-refractivity contribution in [3.05, 3.63) is 0 Å². The molecule has 0 unspecified atom stereocenters. The molecule has 50 valence electrons. The minimum atomic E-state index is 0.681. The van der Waals surface area contributed by atoms with Gasteiger partial charge in [0.05, 0.1) is 19.6 Å². The number of quaternary nitrogens is 1. The predicted molar refractivity (Wildman–Crippen MR) is 37.7 cm³/mol. The van der Waals surface area contributed by atoms with Crippen molar-refractivity contribution in [2.75, 3.05) is 19.6 Å². The zero-order chi connectivity index (χ0) is 6.62. The minimum absolute atomic E-state index is 0.681. The van der Waals surface area contributed by atoms with Crippen LogP contribution in [0, 0.1) is 0 Å². The van der Waals surface area contributed by atoms with Crippen molar-refractivity contribution >= 4 is 11.8 Å². The highest BCUT2D eigenvalue weighted by atomic mass is 35.5. The number of halogens is 1. The maximum Gasteiger partial charge on any atom is 0.165 e. The summed E-state index contributed by atoms with van der Waals surface area (Å²) in [5.74, 6) is 0. The van der Waals surface area contributed by atoms with Crippen LogP contribution in [0.3, 0.4) is 0 Å². The van der Waals surface area contributed by atoms with Crippen LogP contribution in [-0.4, -0.2) is 23.6 Å². The fourth-order valence-corrected chi connectivity index (χ4v) is 0.671. The molecule has 0 amide bonds. The highest BCUT2D eigenvalue weighted by molar-refractivity contribution is 6.06. The van der Waals surface area contributed by atoms with Gasteiger partial charge in [0.1, 0.15) is 0 Å². The summed E-state index contributed by atoms with van der Waals surface area (Å²) in [4.78, 5) is 0. The van der Waals surface area contributed by atoms with Crippen molar-refractivity contribution in [2.45, 2.75) is 20.8 Å². The quantitative estimate of drug-likeness (QED) is 0.521. The predicted octanol–water partition coefficient (Wildman–Crippen LogP) is 2.02. The molecule has 0 radical (unpaired) electrons. The second-order valence-corrected chi connectivity index (χ2v) is 2.70. The van der Waals surface area contributed by atoms with Gasteiger partial charge < -0.3 is 0 Å². The lowest BCUT2D eigenvalue weighted by Crippen LogP contribution is -2.37. The van der Waals surface area contributed by atoms with Gasteiger partial charge in [-0.15, -0.1) is 0 Å². The van der Waals surface area contributed by atoms with E-state index in [1.54, 1.807) is 0 Å². The molecule has 0 bridgehead atoms. The average molecular weight is 137 g/mol. The molecule has 0 aromatic carbocycles. The van der Waals surface area contributed by atoms with E-state index >= 15 is 0 Å². The fourth-order valence-electron chi connectivity index (χ4n) is 0.671. The van der Waals surface area contributed by atoms with Crippen molar-refractivity contribution in [1.82, 2.24) is 0 Å². The Bertz CT molecular complexity index is 51.3. The fraction of sp³-hybridized carbons (Fsp3) is 1.00. The summed E-state index contributed by atoms with van der Waals surface area (Å²) in [6.07, 6.45) is 0. The molecular formula is C6H15ClN+. The van der Waals surface area contributed by atoms with Crippen LogP contribution in [0.4, 0.5) is 0 Å². The molecule has 0 aromatic rings. The molecule has 0 aromatic heterocycles. The first-order valence-electron chi connectivity index (χ1n) is 3.24. The molecule has 2 heteroatoms. The van der Waals surface area contributed by atoms with Crippen molar-refractivity contribution in [3.8, 4) is 0 Å². The first kappa shape index (κ1) is 8.25. The molecule has 0 N–H and O–H groups in total. The van der Waals surface area contributed by atoms with Gasteiger partial charge in [0.25, 0.3) is 0 Å². The molecule has 0 spiro atoms. The van der Waals surface area contributed by atoms with Crippen LogP contribution in [0.1, 0.15) is 20.8 Å². The van der Waals surface area contributed by atoms with Crippen molar-refractivity contribution in [3.63, 3.8) is 0 Å². The van der Waals surface area contributed by atoms with E-state index in [9.17, 15) is 0 Å². The van der Waals surface area contributed by atoms with Crippen molar-refractivity contribution in [1.29, 1.82) is 0 Å². The molecule has 1 nitrogen and oxygen atoms in total. The Balaban J connectivity index is 3.58. The highest BCUT2D eigenvalue weighted by Gasteiger charge is 2.16. The lowest BCUT2D eigenvalue weighted by atomic mass is 10.5. The summed E-state index contributed by atoms with van der Waals surface area (Å²) in [6, 6.07) is 0. The minimum Gasteiger partial charge on any atom is -0.223 e. The summed E-state index contributed by atoms with van der Waals surface area (Å²) in [5, 5.41) is 0. The third kappa shape index (κ3) is 2.01. The Morgan fingerprint density at radius 1 is 1.00 bits per heavy atom. The molecule has 0 heterocycles. The number of hydrogen-bond acceptors (Lipinski definition) is 0. The second kappa shape index (κ2) is 3.31. The zero-order valence-electron chi connectivity index (χ0n) is 5.95. The van der Waals surface area contributed by atoms with E-state index < -0.39 is 0 Å². The Morgan fingerprint density at radius 2 is 1.25 bits per heavy atom. The van der Waals surface area contributed by atoms with E-state index in [-0.39, 0.29) is 0 Å². The van der Waals surface area contributed by atoms with Crippen LogP contribution in [0.25, 0.3) is 0 Å². The van der Waals surface area contributed by atoms with Gasteiger partial charge in [-0.05, 0) is 20.8 Å². The van der Waals surface area contributed by atoms with E-state index in [1.807, 2.05) is 0 Å². The first-order valence-corrected chi connectivity index (χ1v) is 3.58. The van der Waals surface area contributed by atoms with Crippen LogP contribution in [0.2, 0.25) is 0 Å². The maximum atomic E-state index is 6.03. The summed E-state index contributed by atoms with van der Waals surface area (Å²) in [7, 11) is 0. The van der Waals surface area contributed by atoms with Crippen LogP contribution < -0.4 is 0 Å². The zero-order valence-corrected chi connectivity index (χ0v) is 6.70. The van der Waals surface area contributed by atoms with E-state index in [4.69, 9.17) is 11.8 Å². The number of hydrogen-bond donors (Lipinski definition) is 0. The first-order chi connectivity index (χ1) is 3.68.